The summed E-state index contributed by atoms with van der Waals surface area (Å²) >= 11 is 0. The molecule has 0 amide bonds. The molecule has 1 unspecified atom stereocenters. The Balaban J connectivity index is 0.00000320. The fourth-order valence-electron chi connectivity index (χ4n) is 4.66. The summed E-state index contributed by atoms with van der Waals surface area (Å²) in [6.07, 6.45) is 9.17. The fraction of sp³-hybridized carbons (Fsp3) is 0.708. The van der Waals surface area contributed by atoms with E-state index in [9.17, 15) is 0 Å². The zero-order chi connectivity index (χ0) is 20.5. The van der Waals surface area contributed by atoms with Crippen LogP contribution in [0.15, 0.2) is 29.3 Å². The van der Waals surface area contributed by atoms with Crippen LogP contribution in [0.5, 0.6) is 5.75 Å². The average molecular weight is 529 g/mol. The highest BCUT2D eigenvalue weighted by Gasteiger charge is 2.27. The van der Waals surface area contributed by atoms with Crippen molar-refractivity contribution >= 4 is 29.9 Å². The molecule has 0 radical (unpaired) electrons. The Morgan fingerprint density at radius 1 is 1.13 bits per heavy atom. The molecule has 3 rings (SSSR count). The first-order chi connectivity index (χ1) is 14.2. The molecule has 0 bridgehead atoms. The van der Waals surface area contributed by atoms with E-state index in [2.05, 4.69) is 41.5 Å². The molecular formula is C24H41IN4O. The SMILES string of the molecule is CCNC(=NCCC(C)c1ccc(OC)cc1)NC1CCN(C2CCCC2)CC1.I. The van der Waals surface area contributed by atoms with Gasteiger partial charge in [0.15, 0.2) is 5.96 Å². The highest BCUT2D eigenvalue weighted by atomic mass is 127. The largest absolute Gasteiger partial charge is 0.497 e. The molecular weight excluding hydrogens is 487 g/mol. The van der Waals surface area contributed by atoms with Gasteiger partial charge in [-0.25, -0.2) is 0 Å². The van der Waals surface area contributed by atoms with Crippen LogP contribution in [0.2, 0.25) is 0 Å². The first-order valence-corrected chi connectivity index (χ1v) is 11.6. The predicted molar refractivity (Wildman–Crippen MR) is 137 cm³/mol. The molecule has 0 spiro atoms. The van der Waals surface area contributed by atoms with Gasteiger partial charge in [0.2, 0.25) is 0 Å². The van der Waals surface area contributed by atoms with Crippen molar-refractivity contribution in [2.75, 3.05) is 33.3 Å². The molecule has 1 aromatic carbocycles. The van der Waals surface area contributed by atoms with Gasteiger partial charge in [-0.2, -0.15) is 0 Å². The van der Waals surface area contributed by atoms with E-state index in [4.69, 9.17) is 9.73 Å². The molecule has 1 aliphatic heterocycles. The lowest BCUT2D eigenvalue weighted by Crippen LogP contribution is -2.50. The maximum atomic E-state index is 5.25. The molecule has 2 fully saturated rings. The van der Waals surface area contributed by atoms with Crippen molar-refractivity contribution in [1.82, 2.24) is 15.5 Å². The third-order valence-electron chi connectivity index (χ3n) is 6.57. The standard InChI is InChI=1S/C24H40N4O.HI/c1-4-25-24(26-16-13-19(2)20-9-11-23(29-3)12-10-20)27-21-14-17-28(18-15-21)22-7-5-6-8-22;/h9-12,19,21-22H,4-8,13-18H2,1-3H3,(H2,25,26,27);1H. The highest BCUT2D eigenvalue weighted by Crippen LogP contribution is 2.26. The van der Waals surface area contributed by atoms with E-state index in [1.54, 1.807) is 7.11 Å². The molecule has 6 heteroatoms. The van der Waals surface area contributed by atoms with Crippen LogP contribution < -0.4 is 15.4 Å². The molecule has 2 N–H and O–H groups in total. The second kappa shape index (κ2) is 13.4. The molecule has 0 aromatic heterocycles. The van der Waals surface area contributed by atoms with Gasteiger partial charge in [0, 0.05) is 38.3 Å². The van der Waals surface area contributed by atoms with E-state index < -0.39 is 0 Å². The highest BCUT2D eigenvalue weighted by molar-refractivity contribution is 14.0. The molecule has 170 valence electrons. The molecule has 1 saturated carbocycles. The third kappa shape index (κ3) is 7.59. The molecule has 30 heavy (non-hydrogen) atoms. The minimum atomic E-state index is 0. The minimum Gasteiger partial charge on any atom is -0.497 e. The average Bonchev–Trinajstić information content (AvgIpc) is 3.29. The summed E-state index contributed by atoms with van der Waals surface area (Å²) in [5.74, 6) is 2.38. The molecule has 5 nitrogen and oxygen atoms in total. The molecule has 1 atom stereocenters. The number of hydrogen-bond acceptors (Lipinski definition) is 3. The van der Waals surface area contributed by atoms with Crippen molar-refractivity contribution in [3.63, 3.8) is 0 Å². The molecule has 1 aliphatic carbocycles. The van der Waals surface area contributed by atoms with Crippen LogP contribution in [-0.4, -0.2) is 56.2 Å². The third-order valence-corrected chi connectivity index (χ3v) is 6.57. The quantitative estimate of drug-likeness (QED) is 0.290. The topological polar surface area (TPSA) is 48.9 Å². The number of benzene rings is 1. The number of likely N-dealkylation sites (tertiary alicyclic amines) is 1. The zero-order valence-electron chi connectivity index (χ0n) is 19.0. The van der Waals surface area contributed by atoms with Crippen molar-refractivity contribution in [3.8, 4) is 5.75 Å². The number of methoxy groups -OCH3 is 1. The first kappa shape index (κ1) is 25.2. The Kier molecular flexibility index (Phi) is 11.3. The van der Waals surface area contributed by atoms with Crippen LogP contribution in [0.1, 0.15) is 70.3 Å². The second-order valence-corrected chi connectivity index (χ2v) is 8.62. The Bertz CT molecular complexity index is 623. The minimum absolute atomic E-state index is 0. The smallest absolute Gasteiger partial charge is 0.191 e. The van der Waals surface area contributed by atoms with Gasteiger partial charge in [0.25, 0.3) is 0 Å². The van der Waals surface area contributed by atoms with Crippen LogP contribution in [0.3, 0.4) is 0 Å². The Hall–Kier alpha value is -1.02. The number of halogens is 1. The second-order valence-electron chi connectivity index (χ2n) is 8.62. The first-order valence-electron chi connectivity index (χ1n) is 11.6. The van der Waals surface area contributed by atoms with Gasteiger partial charge in [0.05, 0.1) is 7.11 Å². The fourth-order valence-corrected chi connectivity index (χ4v) is 4.66. The summed E-state index contributed by atoms with van der Waals surface area (Å²) in [5, 5.41) is 7.13. The van der Waals surface area contributed by atoms with Crippen molar-refractivity contribution in [2.45, 2.75) is 76.8 Å². The lowest BCUT2D eigenvalue weighted by Gasteiger charge is -2.36. The lowest BCUT2D eigenvalue weighted by molar-refractivity contribution is 0.150. The normalized spacial score (nSPS) is 19.9. The van der Waals surface area contributed by atoms with Gasteiger partial charge in [-0.05, 0) is 62.6 Å². The lowest BCUT2D eigenvalue weighted by atomic mass is 9.98. The Morgan fingerprint density at radius 2 is 1.80 bits per heavy atom. The van der Waals surface area contributed by atoms with Crippen LogP contribution >= 0.6 is 24.0 Å². The predicted octanol–water partition coefficient (Wildman–Crippen LogP) is 4.77. The number of guanidine groups is 1. The van der Waals surface area contributed by atoms with Gasteiger partial charge < -0.3 is 20.3 Å². The number of ether oxygens (including phenoxy) is 1. The molecule has 1 aromatic rings. The van der Waals surface area contributed by atoms with Crippen LogP contribution in [0.4, 0.5) is 0 Å². The van der Waals surface area contributed by atoms with Crippen molar-refractivity contribution < 1.29 is 4.74 Å². The molecule has 1 heterocycles. The number of piperidine rings is 1. The number of rotatable bonds is 8. The maximum absolute atomic E-state index is 5.25. The number of aliphatic imine (C=N–C) groups is 1. The number of nitrogens with one attached hydrogen (secondary N) is 2. The van der Waals surface area contributed by atoms with Gasteiger partial charge in [0.1, 0.15) is 5.75 Å². The zero-order valence-corrected chi connectivity index (χ0v) is 21.4. The van der Waals surface area contributed by atoms with Crippen LogP contribution in [-0.2, 0) is 0 Å². The molecule has 1 saturated heterocycles. The van der Waals surface area contributed by atoms with Crippen LogP contribution in [0, 0.1) is 0 Å². The van der Waals surface area contributed by atoms with E-state index in [1.807, 2.05) is 12.1 Å². The summed E-state index contributed by atoms with van der Waals surface area (Å²) in [4.78, 5) is 7.59. The van der Waals surface area contributed by atoms with Crippen molar-refractivity contribution in [2.24, 2.45) is 4.99 Å². The molecule has 2 aliphatic rings. The van der Waals surface area contributed by atoms with Gasteiger partial charge in [-0.15, -0.1) is 24.0 Å². The summed E-state index contributed by atoms with van der Waals surface area (Å²) < 4.78 is 5.25. The summed E-state index contributed by atoms with van der Waals surface area (Å²) in [5.41, 5.74) is 1.35. The Labute approximate surface area is 200 Å². The summed E-state index contributed by atoms with van der Waals surface area (Å²) in [7, 11) is 1.71. The van der Waals surface area contributed by atoms with E-state index in [0.717, 1.165) is 37.3 Å². The van der Waals surface area contributed by atoms with E-state index in [1.165, 1.54) is 57.2 Å². The van der Waals surface area contributed by atoms with E-state index in [-0.39, 0.29) is 24.0 Å². The number of nitrogens with zero attached hydrogens (tertiary/aromatic N) is 2. The van der Waals surface area contributed by atoms with Gasteiger partial charge in [-0.1, -0.05) is 31.9 Å². The summed E-state index contributed by atoms with van der Waals surface area (Å²) in [6, 6.07) is 9.81. The summed E-state index contributed by atoms with van der Waals surface area (Å²) in [6.45, 7) is 8.62. The van der Waals surface area contributed by atoms with E-state index >= 15 is 0 Å². The van der Waals surface area contributed by atoms with Crippen molar-refractivity contribution in [1.29, 1.82) is 0 Å². The monoisotopic (exact) mass is 528 g/mol. The maximum Gasteiger partial charge on any atom is 0.191 e. The van der Waals surface area contributed by atoms with Crippen molar-refractivity contribution in [3.05, 3.63) is 29.8 Å². The van der Waals surface area contributed by atoms with E-state index in [0.29, 0.717) is 12.0 Å². The van der Waals surface area contributed by atoms with Gasteiger partial charge >= 0.3 is 0 Å². The van der Waals surface area contributed by atoms with Crippen LogP contribution in [0.25, 0.3) is 0 Å². The number of hydrogen-bond donors (Lipinski definition) is 2. The Morgan fingerprint density at radius 3 is 2.40 bits per heavy atom. The van der Waals surface area contributed by atoms with Gasteiger partial charge in [-0.3, -0.25) is 4.99 Å².